The highest BCUT2D eigenvalue weighted by molar-refractivity contribution is 5.97. The van der Waals surface area contributed by atoms with Gasteiger partial charge in [-0.05, 0) is 24.1 Å². The van der Waals surface area contributed by atoms with Crippen LogP contribution in [0.1, 0.15) is 27.2 Å². The SMILES string of the molecule is COc1ccccc1CNC(=O)c1cc2occc2n1Cc1ccccc1C. The van der Waals surface area contributed by atoms with Crippen LogP contribution in [0.3, 0.4) is 0 Å². The lowest BCUT2D eigenvalue weighted by Gasteiger charge is -2.13. The average molecular weight is 374 g/mol. The van der Waals surface area contributed by atoms with Gasteiger partial charge in [0.2, 0.25) is 0 Å². The third-order valence-corrected chi connectivity index (χ3v) is 4.98. The molecule has 0 aliphatic carbocycles. The second kappa shape index (κ2) is 7.64. The van der Waals surface area contributed by atoms with E-state index in [1.165, 1.54) is 11.1 Å². The molecule has 2 heterocycles. The lowest BCUT2D eigenvalue weighted by Crippen LogP contribution is -2.26. The molecular formula is C23H22N2O3. The maximum absolute atomic E-state index is 13.0. The van der Waals surface area contributed by atoms with E-state index in [9.17, 15) is 4.79 Å². The van der Waals surface area contributed by atoms with E-state index in [1.54, 1.807) is 19.4 Å². The standard InChI is InChI=1S/C23H22N2O3/c1-16-7-3-4-9-18(16)15-25-19-11-12-28-22(19)13-20(25)23(26)24-14-17-8-5-6-10-21(17)27-2/h3-13H,14-15H2,1-2H3,(H,24,26). The monoisotopic (exact) mass is 374 g/mol. The first kappa shape index (κ1) is 17.9. The highest BCUT2D eigenvalue weighted by atomic mass is 16.5. The van der Waals surface area contributed by atoms with Crippen molar-refractivity contribution < 1.29 is 13.9 Å². The van der Waals surface area contributed by atoms with Crippen LogP contribution in [-0.4, -0.2) is 17.6 Å². The van der Waals surface area contributed by atoms with Crippen LogP contribution in [0.25, 0.3) is 11.1 Å². The number of amides is 1. The smallest absolute Gasteiger partial charge is 0.268 e. The quantitative estimate of drug-likeness (QED) is 0.539. The van der Waals surface area contributed by atoms with Crippen LogP contribution >= 0.6 is 0 Å². The van der Waals surface area contributed by atoms with Gasteiger partial charge in [0.05, 0.1) is 18.9 Å². The van der Waals surface area contributed by atoms with Crippen LogP contribution in [0.5, 0.6) is 5.75 Å². The molecule has 0 fully saturated rings. The number of rotatable bonds is 6. The van der Waals surface area contributed by atoms with E-state index < -0.39 is 0 Å². The molecule has 4 aromatic rings. The molecule has 5 heteroatoms. The number of nitrogens with zero attached hydrogens (tertiary/aromatic N) is 1. The van der Waals surface area contributed by atoms with Gasteiger partial charge >= 0.3 is 0 Å². The van der Waals surface area contributed by atoms with Gasteiger partial charge in [0.15, 0.2) is 5.58 Å². The van der Waals surface area contributed by atoms with Crippen molar-refractivity contribution in [2.45, 2.75) is 20.0 Å². The van der Waals surface area contributed by atoms with Crippen LogP contribution in [-0.2, 0) is 13.1 Å². The van der Waals surface area contributed by atoms with Crippen molar-refractivity contribution in [3.8, 4) is 5.75 Å². The first-order valence-corrected chi connectivity index (χ1v) is 9.18. The van der Waals surface area contributed by atoms with Crippen LogP contribution in [0, 0.1) is 6.92 Å². The number of para-hydroxylation sites is 1. The molecular weight excluding hydrogens is 352 g/mol. The number of hydrogen-bond donors (Lipinski definition) is 1. The summed E-state index contributed by atoms with van der Waals surface area (Å²) in [5.74, 6) is 0.609. The lowest BCUT2D eigenvalue weighted by atomic mass is 10.1. The van der Waals surface area contributed by atoms with Gasteiger partial charge in [-0.2, -0.15) is 0 Å². The molecule has 0 spiro atoms. The summed E-state index contributed by atoms with van der Waals surface area (Å²) in [7, 11) is 1.63. The molecule has 0 saturated heterocycles. The second-order valence-electron chi connectivity index (χ2n) is 6.71. The second-order valence-corrected chi connectivity index (χ2v) is 6.71. The summed E-state index contributed by atoms with van der Waals surface area (Å²) in [5.41, 5.74) is 5.47. The molecule has 0 saturated carbocycles. The topological polar surface area (TPSA) is 56.4 Å². The Morgan fingerprint density at radius 2 is 1.82 bits per heavy atom. The van der Waals surface area contributed by atoms with Crippen molar-refractivity contribution in [1.82, 2.24) is 9.88 Å². The van der Waals surface area contributed by atoms with Crippen LogP contribution < -0.4 is 10.1 Å². The van der Waals surface area contributed by atoms with E-state index in [1.807, 2.05) is 47.0 Å². The van der Waals surface area contributed by atoms with Gasteiger partial charge in [-0.1, -0.05) is 42.5 Å². The summed E-state index contributed by atoms with van der Waals surface area (Å²) < 4.78 is 12.9. The summed E-state index contributed by atoms with van der Waals surface area (Å²) in [6, 6.07) is 19.5. The van der Waals surface area contributed by atoms with E-state index in [4.69, 9.17) is 9.15 Å². The zero-order valence-corrected chi connectivity index (χ0v) is 15.9. The number of ether oxygens (including phenoxy) is 1. The molecule has 5 nitrogen and oxygen atoms in total. The molecule has 0 radical (unpaired) electrons. The zero-order chi connectivity index (χ0) is 19.5. The van der Waals surface area contributed by atoms with Crippen LogP contribution in [0.2, 0.25) is 0 Å². The van der Waals surface area contributed by atoms with Gasteiger partial charge < -0.3 is 19.0 Å². The van der Waals surface area contributed by atoms with Crippen molar-refractivity contribution in [3.05, 3.63) is 89.3 Å². The number of hydrogen-bond acceptors (Lipinski definition) is 3. The number of fused-ring (bicyclic) bond motifs is 1. The summed E-state index contributed by atoms with van der Waals surface area (Å²) in [4.78, 5) is 13.0. The first-order chi connectivity index (χ1) is 13.7. The molecule has 0 bridgehead atoms. The molecule has 0 atom stereocenters. The van der Waals surface area contributed by atoms with Crippen LogP contribution in [0.15, 0.2) is 71.3 Å². The van der Waals surface area contributed by atoms with E-state index in [-0.39, 0.29) is 5.91 Å². The first-order valence-electron chi connectivity index (χ1n) is 9.18. The fourth-order valence-corrected chi connectivity index (χ4v) is 3.41. The van der Waals surface area contributed by atoms with Gasteiger partial charge in [-0.15, -0.1) is 0 Å². The Bertz CT molecular complexity index is 1120. The van der Waals surface area contributed by atoms with Crippen molar-refractivity contribution in [3.63, 3.8) is 0 Å². The number of aromatic nitrogens is 1. The maximum Gasteiger partial charge on any atom is 0.268 e. The minimum absolute atomic E-state index is 0.147. The van der Waals surface area contributed by atoms with Gasteiger partial charge in [0.25, 0.3) is 5.91 Å². The molecule has 4 rings (SSSR count). The highest BCUT2D eigenvalue weighted by Crippen LogP contribution is 2.24. The van der Waals surface area contributed by atoms with E-state index in [2.05, 4.69) is 24.4 Å². The molecule has 28 heavy (non-hydrogen) atoms. The Kier molecular flexibility index (Phi) is 4.89. The van der Waals surface area contributed by atoms with E-state index in [0.29, 0.717) is 24.4 Å². The summed E-state index contributed by atoms with van der Waals surface area (Å²) in [6.07, 6.45) is 1.65. The predicted molar refractivity (Wildman–Crippen MR) is 109 cm³/mol. The highest BCUT2D eigenvalue weighted by Gasteiger charge is 2.18. The minimum atomic E-state index is -0.147. The van der Waals surface area contributed by atoms with Crippen molar-refractivity contribution in [1.29, 1.82) is 0 Å². The molecule has 1 amide bonds. The van der Waals surface area contributed by atoms with Gasteiger partial charge in [-0.3, -0.25) is 4.79 Å². The van der Waals surface area contributed by atoms with Crippen molar-refractivity contribution in [2.24, 2.45) is 0 Å². The summed E-state index contributed by atoms with van der Waals surface area (Å²) >= 11 is 0. The zero-order valence-electron chi connectivity index (χ0n) is 15.9. The number of aryl methyl sites for hydroxylation is 1. The fourth-order valence-electron chi connectivity index (χ4n) is 3.41. The van der Waals surface area contributed by atoms with E-state index >= 15 is 0 Å². The summed E-state index contributed by atoms with van der Waals surface area (Å²) in [6.45, 7) is 3.07. The lowest BCUT2D eigenvalue weighted by molar-refractivity contribution is 0.0942. The third kappa shape index (κ3) is 3.39. The number of carbonyl (C=O) groups is 1. The largest absolute Gasteiger partial charge is 0.496 e. The van der Waals surface area contributed by atoms with Gasteiger partial charge in [0.1, 0.15) is 11.4 Å². The molecule has 1 N–H and O–H groups in total. The number of nitrogens with one attached hydrogen (secondary N) is 1. The molecule has 142 valence electrons. The Balaban J connectivity index is 1.62. The number of benzene rings is 2. The average Bonchev–Trinajstić information content (AvgIpc) is 3.30. The number of carbonyl (C=O) groups excluding carboxylic acids is 1. The Morgan fingerprint density at radius 1 is 1.07 bits per heavy atom. The van der Waals surface area contributed by atoms with Crippen LogP contribution in [0.4, 0.5) is 0 Å². The maximum atomic E-state index is 13.0. The van der Waals surface area contributed by atoms with Crippen molar-refractivity contribution >= 4 is 17.0 Å². The number of furan rings is 1. The van der Waals surface area contributed by atoms with Gasteiger partial charge in [0, 0.05) is 30.8 Å². The van der Waals surface area contributed by atoms with Gasteiger partial charge in [-0.25, -0.2) is 0 Å². The molecule has 0 aliphatic rings. The Hall–Kier alpha value is -3.47. The van der Waals surface area contributed by atoms with E-state index in [0.717, 1.165) is 16.8 Å². The number of methoxy groups -OCH3 is 1. The molecule has 2 aromatic heterocycles. The minimum Gasteiger partial charge on any atom is -0.496 e. The molecule has 0 unspecified atom stereocenters. The molecule has 2 aromatic carbocycles. The Labute approximate surface area is 163 Å². The van der Waals surface area contributed by atoms with Crippen molar-refractivity contribution in [2.75, 3.05) is 7.11 Å². The third-order valence-electron chi connectivity index (χ3n) is 4.98. The summed E-state index contributed by atoms with van der Waals surface area (Å²) in [5, 5.41) is 3.00. The Morgan fingerprint density at radius 3 is 2.61 bits per heavy atom. The molecule has 0 aliphatic heterocycles. The fraction of sp³-hybridized carbons (Fsp3) is 0.174. The predicted octanol–water partition coefficient (Wildman–Crippen LogP) is 4.53. The normalized spacial score (nSPS) is 10.9.